The van der Waals surface area contributed by atoms with E-state index in [1.807, 2.05) is 6.92 Å². The highest BCUT2D eigenvalue weighted by atomic mass is 32.1. The number of thiocarbonyl (C=S) groups is 1. The second-order valence-electron chi connectivity index (χ2n) is 4.91. The summed E-state index contributed by atoms with van der Waals surface area (Å²) >= 11 is 6.31. The highest BCUT2D eigenvalue weighted by molar-refractivity contribution is 7.80. The molecule has 0 aliphatic heterocycles. The normalized spacial score (nSPS) is 10.0. The number of thiophene rings is 1. The van der Waals surface area contributed by atoms with E-state index in [2.05, 4.69) is 16.2 Å². The van der Waals surface area contributed by atoms with Crippen LogP contribution in [0.5, 0.6) is 5.75 Å². The zero-order chi connectivity index (χ0) is 18.8. The summed E-state index contributed by atoms with van der Waals surface area (Å²) in [5.41, 5.74) is 5.30. The molecule has 9 heteroatoms. The molecule has 0 bridgehead atoms. The second-order valence-corrected chi connectivity index (χ2v) is 6.27. The Morgan fingerprint density at radius 3 is 2.69 bits per heavy atom. The van der Waals surface area contributed by atoms with Crippen molar-refractivity contribution in [1.82, 2.24) is 16.2 Å². The van der Waals surface area contributed by atoms with Crippen LogP contribution in [0, 0.1) is 0 Å². The maximum Gasteiger partial charge on any atom is 0.279 e. The molecule has 1 heterocycles. The summed E-state index contributed by atoms with van der Waals surface area (Å²) < 4.78 is 10.7. The third-order valence-electron chi connectivity index (χ3n) is 3.06. The minimum Gasteiger partial charge on any atom is -0.491 e. The van der Waals surface area contributed by atoms with Gasteiger partial charge in [0.2, 0.25) is 0 Å². The van der Waals surface area contributed by atoms with E-state index in [1.165, 1.54) is 11.3 Å². The van der Waals surface area contributed by atoms with E-state index < -0.39 is 5.91 Å². The van der Waals surface area contributed by atoms with E-state index in [-0.39, 0.29) is 11.0 Å². The van der Waals surface area contributed by atoms with Gasteiger partial charge < -0.3 is 9.47 Å². The molecule has 2 rings (SSSR count). The highest BCUT2D eigenvalue weighted by Gasteiger charge is 2.10. The molecule has 0 unspecified atom stereocenters. The zero-order valence-electron chi connectivity index (χ0n) is 14.1. The average molecular weight is 393 g/mol. The molecule has 1 aromatic carbocycles. The van der Waals surface area contributed by atoms with Gasteiger partial charge in [-0.1, -0.05) is 12.1 Å². The third-order valence-corrected chi connectivity index (χ3v) is 4.13. The molecule has 2 amide bonds. The van der Waals surface area contributed by atoms with Crippen LogP contribution in [0.4, 0.5) is 0 Å². The maximum absolute atomic E-state index is 12.2. The summed E-state index contributed by atoms with van der Waals surface area (Å²) in [5, 5.41) is 4.27. The third kappa shape index (κ3) is 6.43. The van der Waals surface area contributed by atoms with Crippen molar-refractivity contribution in [2.24, 2.45) is 0 Å². The molecule has 0 radical (unpaired) electrons. The first-order valence-corrected chi connectivity index (χ1v) is 9.14. The van der Waals surface area contributed by atoms with Crippen molar-refractivity contribution in [3.05, 3.63) is 52.2 Å². The monoisotopic (exact) mass is 393 g/mol. The number of nitrogens with one attached hydrogen (secondary N) is 3. The van der Waals surface area contributed by atoms with Gasteiger partial charge in [-0.25, -0.2) is 0 Å². The Balaban J connectivity index is 1.80. The van der Waals surface area contributed by atoms with Gasteiger partial charge in [-0.2, -0.15) is 0 Å². The van der Waals surface area contributed by atoms with E-state index in [0.717, 1.165) is 0 Å². The Morgan fingerprint density at radius 2 is 1.96 bits per heavy atom. The molecule has 0 saturated carbocycles. The number of rotatable bonds is 7. The van der Waals surface area contributed by atoms with Crippen LogP contribution in [0.3, 0.4) is 0 Å². The molecule has 138 valence electrons. The number of benzene rings is 1. The Bertz CT molecular complexity index is 750. The number of hydrogen-bond donors (Lipinski definition) is 3. The van der Waals surface area contributed by atoms with Gasteiger partial charge in [0.1, 0.15) is 12.4 Å². The van der Waals surface area contributed by atoms with Crippen LogP contribution in [-0.2, 0) is 4.74 Å². The predicted octanol–water partition coefficient (Wildman–Crippen LogP) is 2.11. The van der Waals surface area contributed by atoms with Gasteiger partial charge in [0.25, 0.3) is 11.8 Å². The highest BCUT2D eigenvalue weighted by Crippen LogP contribution is 2.13. The minimum atomic E-state index is -0.414. The van der Waals surface area contributed by atoms with Gasteiger partial charge in [-0.15, -0.1) is 11.3 Å². The fourth-order valence-corrected chi connectivity index (χ4v) is 2.64. The summed E-state index contributed by atoms with van der Waals surface area (Å²) in [5.74, 6) is -0.188. The fraction of sp³-hybridized carbons (Fsp3) is 0.235. The first-order valence-electron chi connectivity index (χ1n) is 7.86. The quantitative estimate of drug-likeness (QED) is 0.379. The van der Waals surface area contributed by atoms with Crippen molar-refractivity contribution in [3.8, 4) is 5.75 Å². The Hall–Kier alpha value is -2.49. The lowest BCUT2D eigenvalue weighted by Crippen LogP contribution is -2.48. The van der Waals surface area contributed by atoms with Gasteiger partial charge in [0.05, 0.1) is 11.5 Å². The van der Waals surface area contributed by atoms with Crippen LogP contribution >= 0.6 is 23.6 Å². The molecular weight excluding hydrogens is 374 g/mol. The molecule has 0 fully saturated rings. The number of carbonyl (C=O) groups excluding carboxylic acids is 2. The SMILES string of the molecule is CCOCCOc1cccc(C(=O)NC(=S)NNC(=O)c2cccs2)c1. The van der Waals surface area contributed by atoms with Gasteiger partial charge in [0.15, 0.2) is 5.11 Å². The standard InChI is InChI=1S/C17H19N3O4S2/c1-2-23-8-9-24-13-6-3-5-12(11-13)15(21)18-17(25)20-19-16(22)14-7-4-10-26-14/h3-7,10-11H,2,8-9H2,1H3,(H,19,22)(H2,18,20,21,25). The van der Waals surface area contributed by atoms with E-state index in [9.17, 15) is 9.59 Å². The number of carbonyl (C=O) groups is 2. The number of amides is 2. The molecule has 0 atom stereocenters. The lowest BCUT2D eigenvalue weighted by Gasteiger charge is -2.11. The predicted molar refractivity (Wildman–Crippen MR) is 103 cm³/mol. The van der Waals surface area contributed by atoms with Gasteiger partial charge in [0, 0.05) is 12.2 Å². The number of hydrogen-bond acceptors (Lipinski definition) is 6. The summed E-state index contributed by atoms with van der Waals surface area (Å²) in [6.45, 7) is 3.41. The van der Waals surface area contributed by atoms with E-state index >= 15 is 0 Å². The largest absolute Gasteiger partial charge is 0.491 e. The molecule has 1 aromatic heterocycles. The molecule has 3 N–H and O–H groups in total. The smallest absolute Gasteiger partial charge is 0.279 e. The van der Waals surface area contributed by atoms with Crippen molar-refractivity contribution in [3.63, 3.8) is 0 Å². The minimum absolute atomic E-state index is 0.0115. The molecule has 7 nitrogen and oxygen atoms in total. The molecule has 2 aromatic rings. The number of ether oxygens (including phenoxy) is 2. The van der Waals surface area contributed by atoms with Crippen molar-refractivity contribution >= 4 is 40.5 Å². The summed E-state index contributed by atoms with van der Waals surface area (Å²) in [6, 6.07) is 10.1. The molecule has 26 heavy (non-hydrogen) atoms. The Labute approximate surface area is 160 Å². The van der Waals surface area contributed by atoms with E-state index in [0.29, 0.717) is 36.0 Å². The second kappa shape index (κ2) is 10.5. The lowest BCUT2D eigenvalue weighted by molar-refractivity contribution is 0.0937. The van der Waals surface area contributed by atoms with Crippen LogP contribution < -0.4 is 20.9 Å². The van der Waals surface area contributed by atoms with Crippen molar-refractivity contribution in [1.29, 1.82) is 0 Å². The van der Waals surface area contributed by atoms with Gasteiger partial charge in [-0.3, -0.25) is 25.8 Å². The zero-order valence-corrected chi connectivity index (χ0v) is 15.7. The summed E-state index contributed by atoms with van der Waals surface area (Å²) in [4.78, 5) is 24.6. The Kier molecular flexibility index (Phi) is 8.00. The molecule has 0 aliphatic rings. The summed E-state index contributed by atoms with van der Waals surface area (Å²) in [7, 11) is 0. The Morgan fingerprint density at radius 1 is 1.12 bits per heavy atom. The number of hydrazine groups is 1. The van der Waals surface area contributed by atoms with Crippen LogP contribution in [0.2, 0.25) is 0 Å². The molecule has 0 aliphatic carbocycles. The first-order chi connectivity index (χ1) is 12.6. The average Bonchev–Trinajstić information content (AvgIpc) is 3.18. The van der Waals surface area contributed by atoms with Crippen molar-refractivity contribution < 1.29 is 19.1 Å². The topological polar surface area (TPSA) is 88.7 Å². The summed E-state index contributed by atoms with van der Waals surface area (Å²) in [6.07, 6.45) is 0. The van der Waals surface area contributed by atoms with E-state index in [4.69, 9.17) is 21.7 Å². The maximum atomic E-state index is 12.2. The first kappa shape index (κ1) is 19.8. The van der Waals surface area contributed by atoms with Crippen molar-refractivity contribution in [2.45, 2.75) is 6.92 Å². The van der Waals surface area contributed by atoms with Crippen LogP contribution in [-0.4, -0.2) is 36.7 Å². The fourth-order valence-electron chi connectivity index (χ4n) is 1.88. The van der Waals surface area contributed by atoms with Crippen LogP contribution in [0.25, 0.3) is 0 Å². The van der Waals surface area contributed by atoms with E-state index in [1.54, 1.807) is 41.8 Å². The van der Waals surface area contributed by atoms with Gasteiger partial charge >= 0.3 is 0 Å². The van der Waals surface area contributed by atoms with Gasteiger partial charge in [-0.05, 0) is 48.8 Å². The van der Waals surface area contributed by atoms with Crippen molar-refractivity contribution in [2.75, 3.05) is 19.8 Å². The molecular formula is C17H19N3O4S2. The molecule has 0 saturated heterocycles. The van der Waals surface area contributed by atoms with Crippen LogP contribution in [0.15, 0.2) is 41.8 Å². The van der Waals surface area contributed by atoms with Crippen LogP contribution in [0.1, 0.15) is 27.0 Å². The lowest BCUT2D eigenvalue weighted by atomic mass is 10.2. The molecule has 0 spiro atoms.